The number of benzene rings is 2. The van der Waals surface area contributed by atoms with Crippen molar-refractivity contribution in [3.8, 4) is 0 Å². The number of nitrogens with one attached hydrogen (secondary N) is 1. The van der Waals surface area contributed by atoms with Crippen LogP contribution in [-0.2, 0) is 11.2 Å². The van der Waals surface area contributed by atoms with Gasteiger partial charge in [-0.2, -0.15) is 5.10 Å². The van der Waals surface area contributed by atoms with Gasteiger partial charge in [-0.05, 0) is 73.8 Å². The number of rotatable bonds is 7. The number of amides is 1. The van der Waals surface area contributed by atoms with E-state index in [-0.39, 0.29) is 11.5 Å². The zero-order valence-electron chi connectivity index (χ0n) is 18.2. The van der Waals surface area contributed by atoms with Crippen LogP contribution in [0.5, 0.6) is 0 Å². The minimum absolute atomic E-state index is 0.285. The summed E-state index contributed by atoms with van der Waals surface area (Å²) in [6.45, 7) is 1.65. The third-order valence-electron chi connectivity index (χ3n) is 6.40. The van der Waals surface area contributed by atoms with Crippen LogP contribution in [0.25, 0.3) is 0 Å². The zero-order valence-corrected chi connectivity index (χ0v) is 18.2. The Labute approximate surface area is 187 Å². The predicted molar refractivity (Wildman–Crippen MR) is 124 cm³/mol. The summed E-state index contributed by atoms with van der Waals surface area (Å²) >= 11 is 0. The first kappa shape index (κ1) is 22.0. The monoisotopic (exact) mass is 431 g/mol. The molecule has 0 saturated heterocycles. The van der Waals surface area contributed by atoms with Crippen molar-refractivity contribution in [2.45, 2.75) is 44.8 Å². The molecule has 0 aliphatic heterocycles. The molecule has 1 heterocycles. The number of nitrogens with zero attached hydrogens (tertiary/aromatic N) is 2. The number of aliphatic hydroxyl groups is 1. The van der Waals surface area contributed by atoms with Crippen molar-refractivity contribution >= 4 is 11.6 Å². The Hall–Kier alpha value is -3.25. The normalized spacial score (nSPS) is 19.9. The van der Waals surface area contributed by atoms with Crippen LogP contribution in [0.1, 0.15) is 49.5 Å². The Morgan fingerprint density at radius 3 is 2.56 bits per heavy atom. The maximum Gasteiger partial charge on any atom is 0.267 e. The molecule has 3 aromatic rings. The molecular weight excluding hydrogens is 402 g/mol. The van der Waals surface area contributed by atoms with Gasteiger partial charge < -0.3 is 10.4 Å². The van der Waals surface area contributed by atoms with E-state index in [4.69, 9.17) is 0 Å². The lowest BCUT2D eigenvalue weighted by atomic mass is 9.91. The first-order chi connectivity index (χ1) is 15.5. The molecule has 6 nitrogen and oxygen atoms in total. The third-order valence-corrected chi connectivity index (χ3v) is 6.40. The maximum atomic E-state index is 12.5. The van der Waals surface area contributed by atoms with Crippen LogP contribution in [-0.4, -0.2) is 20.8 Å². The molecule has 0 spiro atoms. The molecule has 1 amide bonds. The van der Waals surface area contributed by atoms with E-state index in [0.717, 1.165) is 31.2 Å². The van der Waals surface area contributed by atoms with Gasteiger partial charge in [0.1, 0.15) is 6.04 Å². The lowest BCUT2D eigenvalue weighted by Crippen LogP contribution is -2.32. The van der Waals surface area contributed by atoms with Crippen LogP contribution in [0.3, 0.4) is 0 Å². The fourth-order valence-corrected chi connectivity index (χ4v) is 4.58. The van der Waals surface area contributed by atoms with Crippen molar-refractivity contribution < 1.29 is 9.90 Å². The Morgan fingerprint density at radius 1 is 1.09 bits per heavy atom. The van der Waals surface area contributed by atoms with Crippen molar-refractivity contribution in [2.24, 2.45) is 11.8 Å². The Morgan fingerprint density at radius 2 is 1.84 bits per heavy atom. The van der Waals surface area contributed by atoms with Gasteiger partial charge in [0.25, 0.3) is 5.56 Å². The van der Waals surface area contributed by atoms with E-state index in [9.17, 15) is 14.7 Å². The zero-order chi connectivity index (χ0) is 22.5. The highest BCUT2D eigenvalue weighted by molar-refractivity contribution is 5.93. The van der Waals surface area contributed by atoms with E-state index in [1.165, 1.54) is 22.5 Å². The molecule has 1 aliphatic rings. The summed E-state index contributed by atoms with van der Waals surface area (Å²) in [5.74, 6) is 0.569. The van der Waals surface area contributed by atoms with Crippen molar-refractivity contribution in [2.75, 3.05) is 5.32 Å². The summed E-state index contributed by atoms with van der Waals surface area (Å²) in [4.78, 5) is 24.4. The van der Waals surface area contributed by atoms with Crippen LogP contribution >= 0.6 is 0 Å². The van der Waals surface area contributed by atoms with Gasteiger partial charge in [-0.25, -0.2) is 4.68 Å². The highest BCUT2D eigenvalue weighted by Crippen LogP contribution is 2.40. The molecule has 4 atom stereocenters. The van der Waals surface area contributed by atoms with E-state index in [1.807, 2.05) is 54.6 Å². The third kappa shape index (κ3) is 5.14. The SMILES string of the molecule is CC(C(=O)Nc1ccc(C[C@@H]2CC[C@H]([C@H](O)c3ccccc3)C2)cc1)n1ncccc1=O. The van der Waals surface area contributed by atoms with Crippen LogP contribution in [0.2, 0.25) is 0 Å². The molecule has 1 fully saturated rings. The minimum Gasteiger partial charge on any atom is -0.388 e. The number of carbonyl (C=O) groups excluding carboxylic acids is 1. The number of carbonyl (C=O) groups is 1. The number of hydrogen-bond acceptors (Lipinski definition) is 4. The van der Waals surface area contributed by atoms with E-state index < -0.39 is 12.1 Å². The molecule has 0 bridgehead atoms. The molecule has 2 N–H and O–H groups in total. The van der Waals surface area contributed by atoms with Gasteiger partial charge in [-0.3, -0.25) is 9.59 Å². The fourth-order valence-electron chi connectivity index (χ4n) is 4.58. The number of aliphatic hydroxyl groups excluding tert-OH is 1. The van der Waals surface area contributed by atoms with E-state index >= 15 is 0 Å². The van der Waals surface area contributed by atoms with Crippen LogP contribution in [0, 0.1) is 11.8 Å². The van der Waals surface area contributed by atoms with Gasteiger partial charge >= 0.3 is 0 Å². The molecule has 4 rings (SSSR count). The van der Waals surface area contributed by atoms with Crippen molar-refractivity contribution in [3.05, 3.63) is 94.4 Å². The first-order valence-electron chi connectivity index (χ1n) is 11.2. The summed E-state index contributed by atoms with van der Waals surface area (Å²) in [5.41, 5.74) is 2.61. The molecular formula is C26H29N3O3. The number of aromatic nitrogens is 2. The largest absolute Gasteiger partial charge is 0.388 e. The second-order valence-corrected chi connectivity index (χ2v) is 8.67. The summed E-state index contributed by atoms with van der Waals surface area (Å²) in [7, 11) is 0. The Balaban J connectivity index is 1.31. The molecule has 6 heteroatoms. The summed E-state index contributed by atoms with van der Waals surface area (Å²) in [5, 5.41) is 17.5. The predicted octanol–water partition coefficient (Wildman–Crippen LogP) is 4.14. The Kier molecular flexibility index (Phi) is 6.81. The lowest BCUT2D eigenvalue weighted by Gasteiger charge is -2.19. The smallest absolute Gasteiger partial charge is 0.267 e. The van der Waals surface area contributed by atoms with Crippen LogP contribution in [0.4, 0.5) is 5.69 Å². The molecule has 1 unspecified atom stereocenters. The summed E-state index contributed by atoms with van der Waals surface area (Å²) in [6, 6.07) is 20.0. The van der Waals surface area contributed by atoms with Gasteiger partial charge in [0, 0.05) is 18.0 Å². The molecule has 1 aromatic heterocycles. The average molecular weight is 432 g/mol. The molecule has 0 radical (unpaired) electrons. The summed E-state index contributed by atoms with van der Waals surface area (Å²) < 4.78 is 1.17. The molecule has 32 heavy (non-hydrogen) atoms. The van der Waals surface area contributed by atoms with Gasteiger partial charge in [-0.15, -0.1) is 0 Å². The second-order valence-electron chi connectivity index (χ2n) is 8.67. The van der Waals surface area contributed by atoms with E-state index in [2.05, 4.69) is 10.4 Å². The van der Waals surface area contributed by atoms with Crippen LogP contribution in [0.15, 0.2) is 77.7 Å². The van der Waals surface area contributed by atoms with Gasteiger partial charge in [0.15, 0.2) is 0 Å². The highest BCUT2D eigenvalue weighted by Gasteiger charge is 2.30. The second kappa shape index (κ2) is 9.92. The topological polar surface area (TPSA) is 84.2 Å². The van der Waals surface area contributed by atoms with Gasteiger partial charge in [0.2, 0.25) is 5.91 Å². The van der Waals surface area contributed by atoms with Crippen molar-refractivity contribution in [1.29, 1.82) is 0 Å². The van der Waals surface area contributed by atoms with Crippen molar-refractivity contribution in [3.63, 3.8) is 0 Å². The quantitative estimate of drug-likeness (QED) is 0.589. The molecule has 1 aliphatic carbocycles. The fraction of sp³-hybridized carbons (Fsp3) is 0.346. The Bertz CT molecular complexity index is 1100. The van der Waals surface area contributed by atoms with Crippen LogP contribution < -0.4 is 10.9 Å². The van der Waals surface area contributed by atoms with Gasteiger partial charge in [0.05, 0.1) is 6.10 Å². The van der Waals surface area contributed by atoms with E-state index in [0.29, 0.717) is 17.5 Å². The maximum absolute atomic E-state index is 12.5. The molecule has 1 saturated carbocycles. The van der Waals surface area contributed by atoms with Gasteiger partial charge in [-0.1, -0.05) is 42.5 Å². The highest BCUT2D eigenvalue weighted by atomic mass is 16.3. The van der Waals surface area contributed by atoms with Crippen molar-refractivity contribution in [1.82, 2.24) is 9.78 Å². The lowest BCUT2D eigenvalue weighted by molar-refractivity contribution is -0.119. The molecule has 166 valence electrons. The number of hydrogen-bond donors (Lipinski definition) is 2. The standard InChI is InChI=1S/C26H29N3O3/c1-18(29-24(30)8-5-15-27-29)26(32)28-23-13-10-19(11-14-23)16-20-9-12-22(17-20)25(31)21-6-3-2-4-7-21/h2-8,10-11,13-15,18,20,22,25,31H,9,12,16-17H2,1H3,(H,28,32)/t18?,20-,22-,25+/m0/s1. The average Bonchev–Trinajstić information content (AvgIpc) is 3.28. The number of anilines is 1. The minimum atomic E-state index is -0.699. The summed E-state index contributed by atoms with van der Waals surface area (Å²) in [6.07, 6.45) is 5.24. The van der Waals surface area contributed by atoms with E-state index in [1.54, 1.807) is 13.0 Å². The molecule has 2 aromatic carbocycles. The first-order valence-corrected chi connectivity index (χ1v) is 11.2.